The van der Waals surface area contributed by atoms with Crippen LogP contribution in [-0.4, -0.2) is 21.3 Å². The molecular weight excluding hydrogens is 336 g/mol. The third-order valence-corrected chi connectivity index (χ3v) is 5.16. The lowest BCUT2D eigenvalue weighted by Gasteiger charge is -2.23. The molecule has 6 heteroatoms. The number of anilines is 1. The molecule has 0 radical (unpaired) electrons. The predicted molar refractivity (Wildman–Crippen MR) is 100 cm³/mol. The summed E-state index contributed by atoms with van der Waals surface area (Å²) < 4.78 is 7.93. The minimum absolute atomic E-state index is 0.168. The highest BCUT2D eigenvalue weighted by molar-refractivity contribution is 6.30. The molecule has 0 amide bonds. The van der Waals surface area contributed by atoms with Crippen LogP contribution in [-0.2, 0) is 6.54 Å². The summed E-state index contributed by atoms with van der Waals surface area (Å²) in [5.74, 6) is 0.501. The van der Waals surface area contributed by atoms with Gasteiger partial charge in [-0.3, -0.25) is 4.68 Å². The molecule has 0 bridgehead atoms. The fourth-order valence-electron chi connectivity index (χ4n) is 3.69. The van der Waals surface area contributed by atoms with Gasteiger partial charge in [-0.1, -0.05) is 37.6 Å². The third-order valence-electron chi connectivity index (χ3n) is 4.76. The second-order valence-corrected chi connectivity index (χ2v) is 7.54. The van der Waals surface area contributed by atoms with E-state index < -0.39 is 0 Å². The molecule has 0 aliphatic carbocycles. The standard InChI is InChI=1S/C19H23ClN4O/c1-12(2)11-24-18(20)17(13(3)22-24)15-8-6-10-23(15)19-21-14-7-4-5-9-16(14)25-19/h4-5,7,9,12,15H,6,8,10-11H2,1-3H3. The predicted octanol–water partition coefficient (Wildman–Crippen LogP) is 4.98. The summed E-state index contributed by atoms with van der Waals surface area (Å²) in [4.78, 5) is 6.91. The maximum absolute atomic E-state index is 6.71. The average Bonchev–Trinajstić information content (AvgIpc) is 3.24. The fraction of sp³-hybridized carbons (Fsp3) is 0.474. The molecule has 3 aromatic rings. The number of hydrogen-bond acceptors (Lipinski definition) is 4. The normalized spacial score (nSPS) is 18.0. The van der Waals surface area contributed by atoms with Crippen molar-refractivity contribution in [3.8, 4) is 0 Å². The molecule has 1 aromatic carbocycles. The van der Waals surface area contributed by atoms with Gasteiger partial charge in [-0.25, -0.2) is 0 Å². The van der Waals surface area contributed by atoms with E-state index in [2.05, 4.69) is 28.8 Å². The van der Waals surface area contributed by atoms with Crippen molar-refractivity contribution in [2.45, 2.75) is 46.2 Å². The van der Waals surface area contributed by atoms with Crippen LogP contribution in [0, 0.1) is 12.8 Å². The lowest BCUT2D eigenvalue weighted by atomic mass is 10.1. The van der Waals surface area contributed by atoms with E-state index in [1.54, 1.807) is 0 Å². The number of aromatic nitrogens is 3. The highest BCUT2D eigenvalue weighted by atomic mass is 35.5. The van der Waals surface area contributed by atoms with E-state index in [1.165, 1.54) is 0 Å². The molecule has 3 heterocycles. The second kappa shape index (κ2) is 6.37. The monoisotopic (exact) mass is 358 g/mol. The highest BCUT2D eigenvalue weighted by Crippen LogP contribution is 2.41. The first-order valence-corrected chi connectivity index (χ1v) is 9.27. The smallest absolute Gasteiger partial charge is 0.298 e. The number of para-hydroxylation sites is 2. The number of benzene rings is 1. The highest BCUT2D eigenvalue weighted by Gasteiger charge is 2.34. The number of fused-ring (bicyclic) bond motifs is 1. The van der Waals surface area contributed by atoms with Crippen LogP contribution in [0.15, 0.2) is 28.7 Å². The summed E-state index contributed by atoms with van der Waals surface area (Å²) in [5.41, 5.74) is 3.82. The van der Waals surface area contributed by atoms with Crippen molar-refractivity contribution in [2.75, 3.05) is 11.4 Å². The van der Waals surface area contributed by atoms with Crippen molar-refractivity contribution >= 4 is 28.7 Å². The first-order chi connectivity index (χ1) is 12.0. The Hall–Kier alpha value is -2.01. The zero-order valence-corrected chi connectivity index (χ0v) is 15.6. The Bertz CT molecular complexity index is 865. The van der Waals surface area contributed by atoms with Gasteiger partial charge in [-0.05, 0) is 37.8 Å². The Kier molecular flexibility index (Phi) is 4.20. The largest absolute Gasteiger partial charge is 0.423 e. The van der Waals surface area contributed by atoms with Gasteiger partial charge < -0.3 is 9.32 Å². The average molecular weight is 359 g/mol. The first kappa shape index (κ1) is 16.5. The zero-order valence-electron chi connectivity index (χ0n) is 14.9. The van der Waals surface area contributed by atoms with Crippen molar-refractivity contribution in [3.63, 3.8) is 0 Å². The van der Waals surface area contributed by atoms with Crippen LogP contribution in [0.4, 0.5) is 6.01 Å². The quantitative estimate of drug-likeness (QED) is 0.659. The maximum Gasteiger partial charge on any atom is 0.298 e. The number of hydrogen-bond donors (Lipinski definition) is 0. The van der Waals surface area contributed by atoms with Crippen molar-refractivity contribution in [1.82, 2.24) is 14.8 Å². The van der Waals surface area contributed by atoms with E-state index in [-0.39, 0.29) is 6.04 Å². The number of nitrogens with zero attached hydrogens (tertiary/aromatic N) is 4. The number of oxazole rings is 1. The minimum atomic E-state index is 0.168. The van der Waals surface area contributed by atoms with Gasteiger partial charge in [-0.15, -0.1) is 0 Å². The molecule has 1 atom stereocenters. The fourth-order valence-corrected chi connectivity index (χ4v) is 4.06. The molecule has 1 aliphatic rings. The van der Waals surface area contributed by atoms with Crippen molar-refractivity contribution < 1.29 is 4.42 Å². The van der Waals surface area contributed by atoms with Gasteiger partial charge in [0.2, 0.25) is 0 Å². The van der Waals surface area contributed by atoms with Crippen LogP contribution >= 0.6 is 11.6 Å². The van der Waals surface area contributed by atoms with Gasteiger partial charge in [0, 0.05) is 18.7 Å². The van der Waals surface area contributed by atoms with E-state index in [4.69, 9.17) is 16.0 Å². The summed E-state index contributed by atoms with van der Waals surface area (Å²) in [5, 5.41) is 5.42. The van der Waals surface area contributed by atoms with Crippen molar-refractivity contribution in [2.24, 2.45) is 5.92 Å². The second-order valence-electron chi connectivity index (χ2n) is 7.18. The van der Waals surface area contributed by atoms with Gasteiger partial charge in [-0.2, -0.15) is 10.1 Å². The summed E-state index contributed by atoms with van der Waals surface area (Å²) >= 11 is 6.71. The number of halogens is 1. The third kappa shape index (κ3) is 2.91. The molecule has 4 rings (SSSR count). The summed E-state index contributed by atoms with van der Waals surface area (Å²) in [6.45, 7) is 8.14. The van der Waals surface area contributed by atoms with E-state index in [0.717, 1.165) is 53.4 Å². The van der Waals surface area contributed by atoms with Crippen LogP contribution in [0.2, 0.25) is 5.15 Å². The van der Waals surface area contributed by atoms with Crippen LogP contribution in [0.3, 0.4) is 0 Å². The molecule has 5 nitrogen and oxygen atoms in total. The van der Waals surface area contributed by atoms with Crippen molar-refractivity contribution in [3.05, 3.63) is 40.7 Å². The summed E-state index contributed by atoms with van der Waals surface area (Å²) in [6.07, 6.45) is 2.13. The zero-order chi connectivity index (χ0) is 17.6. The van der Waals surface area contributed by atoms with Gasteiger partial charge in [0.25, 0.3) is 6.01 Å². The molecule has 0 N–H and O–H groups in total. The van der Waals surface area contributed by atoms with E-state index in [1.807, 2.05) is 35.9 Å². The summed E-state index contributed by atoms with van der Waals surface area (Å²) in [7, 11) is 0. The maximum atomic E-state index is 6.71. The Morgan fingerprint density at radius 2 is 2.12 bits per heavy atom. The molecule has 2 aromatic heterocycles. The minimum Gasteiger partial charge on any atom is -0.423 e. The first-order valence-electron chi connectivity index (χ1n) is 8.89. The lowest BCUT2D eigenvalue weighted by Crippen LogP contribution is -2.23. The molecule has 1 aliphatic heterocycles. The number of aryl methyl sites for hydroxylation is 1. The van der Waals surface area contributed by atoms with Crippen LogP contribution in [0.25, 0.3) is 11.1 Å². The molecule has 1 fully saturated rings. The number of rotatable bonds is 4. The van der Waals surface area contributed by atoms with Crippen LogP contribution in [0.1, 0.15) is 44.0 Å². The van der Waals surface area contributed by atoms with E-state index >= 15 is 0 Å². The Labute approximate surface area is 152 Å². The Morgan fingerprint density at radius 1 is 1.32 bits per heavy atom. The SMILES string of the molecule is Cc1nn(CC(C)C)c(Cl)c1C1CCCN1c1nc2ccccc2o1. The van der Waals surface area contributed by atoms with Crippen LogP contribution in [0.5, 0.6) is 0 Å². The van der Waals surface area contributed by atoms with E-state index in [0.29, 0.717) is 11.9 Å². The molecule has 1 saturated heterocycles. The molecule has 25 heavy (non-hydrogen) atoms. The molecule has 0 saturated carbocycles. The van der Waals surface area contributed by atoms with Crippen LogP contribution < -0.4 is 4.90 Å². The topological polar surface area (TPSA) is 47.1 Å². The Balaban J connectivity index is 1.71. The molecular formula is C19H23ClN4O. The summed E-state index contributed by atoms with van der Waals surface area (Å²) in [6, 6.07) is 8.72. The Morgan fingerprint density at radius 3 is 2.88 bits per heavy atom. The van der Waals surface area contributed by atoms with Crippen molar-refractivity contribution in [1.29, 1.82) is 0 Å². The lowest BCUT2D eigenvalue weighted by molar-refractivity contribution is 0.481. The molecule has 132 valence electrons. The van der Waals surface area contributed by atoms with Gasteiger partial charge in [0.05, 0.1) is 11.7 Å². The van der Waals surface area contributed by atoms with Gasteiger partial charge >= 0.3 is 0 Å². The molecule has 0 spiro atoms. The van der Waals surface area contributed by atoms with Gasteiger partial charge in [0.1, 0.15) is 10.7 Å². The molecule has 1 unspecified atom stereocenters. The van der Waals surface area contributed by atoms with E-state index in [9.17, 15) is 0 Å². The van der Waals surface area contributed by atoms with Gasteiger partial charge in [0.15, 0.2) is 5.58 Å².